The van der Waals surface area contributed by atoms with Gasteiger partial charge in [0.05, 0.1) is 6.21 Å². The van der Waals surface area contributed by atoms with Crippen LogP contribution in [-0.2, 0) is 0 Å². The lowest BCUT2D eigenvalue weighted by atomic mass is 10.2. The molecule has 0 saturated carbocycles. The zero-order valence-corrected chi connectivity index (χ0v) is 10.7. The number of hydrogen-bond donors (Lipinski definition) is 0. The van der Waals surface area contributed by atoms with E-state index in [0.29, 0.717) is 0 Å². The zero-order chi connectivity index (χ0) is 13.6. The van der Waals surface area contributed by atoms with E-state index in [9.17, 15) is 0 Å². The van der Waals surface area contributed by atoms with Gasteiger partial charge in [-0.25, -0.2) is 4.68 Å². The topological polar surface area (TPSA) is 57.2 Å². The first-order chi connectivity index (χ1) is 9.92. The fraction of sp³-hybridized carbons (Fsp3) is 0. The summed E-state index contributed by atoms with van der Waals surface area (Å²) in [6.07, 6.45) is 12.6. The Morgan fingerprint density at radius 2 is 1.90 bits per heavy atom. The van der Waals surface area contributed by atoms with Crippen molar-refractivity contribution in [3.8, 4) is 0 Å². The summed E-state index contributed by atoms with van der Waals surface area (Å²) in [6, 6.07) is 9.83. The minimum absolute atomic E-state index is 0.926. The predicted molar refractivity (Wildman–Crippen MR) is 78.7 cm³/mol. The fourth-order valence-electron chi connectivity index (χ4n) is 1.72. The number of benzene rings is 1. The van der Waals surface area contributed by atoms with Crippen LogP contribution in [0.5, 0.6) is 0 Å². The first-order valence-corrected chi connectivity index (χ1v) is 6.15. The molecule has 5 heteroatoms. The lowest BCUT2D eigenvalue weighted by molar-refractivity contribution is 0.878. The van der Waals surface area contributed by atoms with E-state index in [2.05, 4.69) is 20.6 Å². The first kappa shape index (κ1) is 12.1. The maximum absolute atomic E-state index is 4.44. The Kier molecular flexibility index (Phi) is 3.51. The summed E-state index contributed by atoms with van der Waals surface area (Å²) in [4.78, 5) is 0. The quantitative estimate of drug-likeness (QED) is 0.794. The van der Waals surface area contributed by atoms with E-state index in [4.69, 9.17) is 0 Å². The van der Waals surface area contributed by atoms with E-state index in [1.54, 1.807) is 10.9 Å². The molecule has 0 saturated heterocycles. The van der Waals surface area contributed by atoms with Crippen LogP contribution in [0.3, 0.4) is 0 Å². The van der Waals surface area contributed by atoms with Crippen LogP contribution in [0.1, 0.15) is 0 Å². The Labute approximate surface area is 116 Å². The van der Waals surface area contributed by atoms with Gasteiger partial charge in [0, 0.05) is 0 Å². The molecule has 1 aromatic carbocycles. The largest absolute Gasteiger partial charge is 0.664 e. The second kappa shape index (κ2) is 5.79. The molecule has 0 unspecified atom stereocenters. The van der Waals surface area contributed by atoms with E-state index in [1.807, 2.05) is 54.8 Å². The standard InChI is InChI=1S/C15H12N5/c1-2-7-15(8-3-1)16-9-13-5-4-6-14(13)10-19-20-11-17-18-12-20/h1-12H/q-1/b13-9-,19-10+. The molecule has 1 heterocycles. The molecule has 1 aromatic heterocycles. The van der Waals surface area contributed by atoms with Crippen molar-refractivity contribution in [2.45, 2.75) is 0 Å². The molecular formula is C15H12N5-. The van der Waals surface area contributed by atoms with Crippen LogP contribution in [0, 0.1) is 0 Å². The normalized spacial score (nSPS) is 16.0. The molecule has 0 amide bonds. The molecule has 0 fully saturated rings. The Bertz CT molecular complexity index is 678. The SMILES string of the molecule is C1=C/C(=C/[N-]c2ccccc2)C(/C=N/n2cnnc2)=C1. The maximum Gasteiger partial charge on any atom is 0.141 e. The molecule has 0 bridgehead atoms. The van der Waals surface area contributed by atoms with Crippen LogP contribution in [0.2, 0.25) is 0 Å². The Morgan fingerprint density at radius 3 is 2.70 bits per heavy atom. The highest BCUT2D eigenvalue weighted by atomic mass is 15.4. The lowest BCUT2D eigenvalue weighted by Crippen LogP contribution is -1.89. The van der Waals surface area contributed by atoms with Crippen LogP contribution in [0.15, 0.2) is 83.7 Å². The molecule has 1 aliphatic rings. The van der Waals surface area contributed by atoms with Crippen molar-refractivity contribution in [1.29, 1.82) is 0 Å². The number of allylic oxidation sites excluding steroid dienone is 5. The minimum Gasteiger partial charge on any atom is -0.664 e. The number of nitrogens with zero attached hydrogens (tertiary/aromatic N) is 5. The Morgan fingerprint density at radius 1 is 1.10 bits per heavy atom. The van der Waals surface area contributed by atoms with Crippen LogP contribution < -0.4 is 0 Å². The van der Waals surface area contributed by atoms with Crippen molar-refractivity contribution in [3.63, 3.8) is 0 Å². The third-order valence-electron chi connectivity index (χ3n) is 2.73. The number of para-hydroxylation sites is 1. The number of hydrogen-bond acceptors (Lipinski definition) is 3. The van der Waals surface area contributed by atoms with Crippen molar-refractivity contribution in [2.75, 3.05) is 0 Å². The molecule has 0 radical (unpaired) electrons. The average molecular weight is 262 g/mol. The van der Waals surface area contributed by atoms with Gasteiger partial charge in [-0.2, -0.15) is 11.3 Å². The summed E-state index contributed by atoms with van der Waals surface area (Å²) in [6.45, 7) is 0. The highest BCUT2D eigenvalue weighted by Crippen LogP contribution is 2.23. The van der Waals surface area contributed by atoms with Gasteiger partial charge >= 0.3 is 0 Å². The summed E-state index contributed by atoms with van der Waals surface area (Å²) >= 11 is 0. The summed E-state index contributed by atoms with van der Waals surface area (Å²) in [7, 11) is 0. The van der Waals surface area contributed by atoms with Crippen LogP contribution in [0.4, 0.5) is 5.69 Å². The maximum atomic E-state index is 4.44. The molecule has 2 aromatic rings. The number of aromatic nitrogens is 3. The Balaban J connectivity index is 1.70. The second-order valence-electron chi connectivity index (χ2n) is 4.12. The molecule has 3 rings (SSSR count). The van der Waals surface area contributed by atoms with Gasteiger partial charge in [-0.15, -0.1) is 15.9 Å². The Hall–Kier alpha value is -2.95. The molecular weight excluding hydrogens is 250 g/mol. The third kappa shape index (κ3) is 2.89. The second-order valence-corrected chi connectivity index (χ2v) is 4.12. The highest BCUT2D eigenvalue weighted by Gasteiger charge is 2.01. The van der Waals surface area contributed by atoms with Gasteiger partial charge in [0.2, 0.25) is 0 Å². The summed E-state index contributed by atoms with van der Waals surface area (Å²) in [5.74, 6) is 0. The van der Waals surface area contributed by atoms with Gasteiger partial charge in [-0.1, -0.05) is 48.6 Å². The van der Waals surface area contributed by atoms with E-state index < -0.39 is 0 Å². The smallest absolute Gasteiger partial charge is 0.141 e. The van der Waals surface area contributed by atoms with Gasteiger partial charge < -0.3 is 5.32 Å². The molecule has 98 valence electrons. The fourth-order valence-corrected chi connectivity index (χ4v) is 1.72. The van der Waals surface area contributed by atoms with Crippen LogP contribution in [-0.4, -0.2) is 21.1 Å². The van der Waals surface area contributed by atoms with Gasteiger partial charge in [-0.3, -0.25) is 0 Å². The van der Waals surface area contributed by atoms with Gasteiger partial charge in [0.1, 0.15) is 12.7 Å². The van der Waals surface area contributed by atoms with Gasteiger partial charge in [0.15, 0.2) is 0 Å². The summed E-state index contributed by atoms with van der Waals surface area (Å²) < 4.78 is 1.55. The monoisotopic (exact) mass is 262 g/mol. The first-order valence-electron chi connectivity index (χ1n) is 6.15. The van der Waals surface area contributed by atoms with Crippen molar-refractivity contribution in [3.05, 3.63) is 83.9 Å². The number of rotatable bonds is 4. The van der Waals surface area contributed by atoms with Gasteiger partial charge in [-0.05, 0) is 11.1 Å². The molecule has 0 aliphatic heterocycles. The van der Waals surface area contributed by atoms with E-state index in [0.717, 1.165) is 16.8 Å². The molecule has 5 nitrogen and oxygen atoms in total. The summed E-state index contributed by atoms with van der Waals surface area (Å²) in [5, 5.41) is 16.1. The molecule has 0 spiro atoms. The van der Waals surface area contributed by atoms with E-state index >= 15 is 0 Å². The minimum atomic E-state index is 0.926. The van der Waals surface area contributed by atoms with E-state index in [1.165, 1.54) is 12.7 Å². The highest BCUT2D eigenvalue weighted by molar-refractivity contribution is 5.88. The van der Waals surface area contributed by atoms with Crippen molar-refractivity contribution >= 4 is 11.9 Å². The molecule has 0 atom stereocenters. The van der Waals surface area contributed by atoms with E-state index in [-0.39, 0.29) is 0 Å². The molecule has 0 N–H and O–H groups in total. The lowest BCUT2D eigenvalue weighted by Gasteiger charge is -2.17. The third-order valence-corrected chi connectivity index (χ3v) is 2.73. The predicted octanol–water partition coefficient (Wildman–Crippen LogP) is 3.20. The average Bonchev–Trinajstić information content (AvgIpc) is 3.15. The molecule has 1 aliphatic carbocycles. The molecule has 20 heavy (non-hydrogen) atoms. The van der Waals surface area contributed by atoms with Crippen molar-refractivity contribution in [2.24, 2.45) is 5.10 Å². The van der Waals surface area contributed by atoms with Crippen molar-refractivity contribution in [1.82, 2.24) is 14.9 Å². The van der Waals surface area contributed by atoms with Crippen molar-refractivity contribution < 1.29 is 0 Å². The summed E-state index contributed by atoms with van der Waals surface area (Å²) in [5.41, 5.74) is 2.94. The van der Waals surface area contributed by atoms with Gasteiger partial charge in [0.25, 0.3) is 0 Å². The van der Waals surface area contributed by atoms with Crippen LogP contribution in [0.25, 0.3) is 5.32 Å². The van der Waals surface area contributed by atoms with Crippen LogP contribution >= 0.6 is 0 Å². The zero-order valence-electron chi connectivity index (χ0n) is 10.7.